The summed E-state index contributed by atoms with van der Waals surface area (Å²) in [4.78, 5) is 18.2. The highest BCUT2D eigenvalue weighted by molar-refractivity contribution is 6.27. The topological polar surface area (TPSA) is 105 Å². The van der Waals surface area contributed by atoms with E-state index in [0.717, 1.165) is 30.0 Å². The Morgan fingerprint density at radius 2 is 1.41 bits per heavy atom. The Labute approximate surface area is 168 Å². The summed E-state index contributed by atoms with van der Waals surface area (Å²) in [6.45, 7) is 1.64. The molecule has 0 saturated carbocycles. The van der Waals surface area contributed by atoms with Gasteiger partial charge in [0.05, 0.1) is 14.2 Å². The lowest BCUT2D eigenvalue weighted by molar-refractivity contribution is -0.159. The highest BCUT2D eigenvalue weighted by Gasteiger charge is 2.06. The van der Waals surface area contributed by atoms with E-state index in [4.69, 9.17) is 29.3 Å². The third kappa shape index (κ3) is 6.22. The third-order valence-electron chi connectivity index (χ3n) is 4.18. The Kier molecular flexibility index (Phi) is 8.00. The van der Waals surface area contributed by atoms with Crippen LogP contribution in [0.15, 0.2) is 60.7 Å². The molecule has 0 aromatic heterocycles. The number of rotatable bonds is 6. The van der Waals surface area contributed by atoms with Crippen molar-refractivity contribution in [2.45, 2.75) is 13.1 Å². The van der Waals surface area contributed by atoms with Gasteiger partial charge in [-0.3, -0.25) is 0 Å². The largest absolute Gasteiger partial charge is 0.497 e. The van der Waals surface area contributed by atoms with Crippen LogP contribution in [-0.2, 0) is 22.7 Å². The van der Waals surface area contributed by atoms with E-state index in [0.29, 0.717) is 0 Å². The Hall–Kier alpha value is -3.58. The summed E-state index contributed by atoms with van der Waals surface area (Å²) < 4.78 is 10.6. The van der Waals surface area contributed by atoms with Crippen LogP contribution in [0.1, 0.15) is 11.1 Å². The molecule has 0 fully saturated rings. The predicted octanol–water partition coefficient (Wildman–Crippen LogP) is 3.30. The number of benzene rings is 3. The van der Waals surface area contributed by atoms with E-state index in [1.807, 2.05) is 24.3 Å². The second-order valence-electron chi connectivity index (χ2n) is 6.03. The van der Waals surface area contributed by atoms with Gasteiger partial charge in [-0.15, -0.1) is 0 Å². The molecular weight excluding hydrogens is 374 g/mol. The van der Waals surface area contributed by atoms with Crippen LogP contribution in [0, 0.1) is 0 Å². The SMILES string of the molecule is COc1ccc(CNCc2ccc(OC)c3ccccc23)cc1.O=C(O)C(=O)O. The standard InChI is InChI=1S/C20H21NO2.C2H2O4/c1-22-17-10-7-15(8-11-17)13-21-14-16-9-12-20(23-2)19-6-4-3-5-18(16)19;3-1(4)2(5)6/h3-12,21H,13-14H2,1-2H3;(H,3,4)(H,5,6). The van der Waals surface area contributed by atoms with Crippen LogP contribution in [0.4, 0.5) is 0 Å². The minimum Gasteiger partial charge on any atom is -0.497 e. The van der Waals surface area contributed by atoms with E-state index in [1.165, 1.54) is 16.5 Å². The molecule has 0 unspecified atom stereocenters. The summed E-state index contributed by atoms with van der Waals surface area (Å²) in [6, 6.07) is 20.6. The lowest BCUT2D eigenvalue weighted by Crippen LogP contribution is -2.13. The molecule has 0 amide bonds. The summed E-state index contributed by atoms with van der Waals surface area (Å²) in [7, 11) is 3.39. The number of carboxylic acid groups (broad SMARTS) is 2. The molecule has 152 valence electrons. The molecule has 0 heterocycles. The minimum absolute atomic E-state index is 0.816. The number of carboxylic acids is 2. The zero-order chi connectivity index (χ0) is 21.2. The number of nitrogens with one attached hydrogen (secondary N) is 1. The molecule has 0 saturated heterocycles. The van der Waals surface area contributed by atoms with Crippen molar-refractivity contribution in [3.05, 3.63) is 71.8 Å². The van der Waals surface area contributed by atoms with Crippen LogP contribution >= 0.6 is 0 Å². The normalized spacial score (nSPS) is 10.0. The molecule has 0 aliphatic rings. The third-order valence-corrected chi connectivity index (χ3v) is 4.18. The van der Waals surface area contributed by atoms with Crippen LogP contribution in [0.2, 0.25) is 0 Å². The number of hydrogen-bond donors (Lipinski definition) is 3. The van der Waals surface area contributed by atoms with E-state index < -0.39 is 11.9 Å². The Morgan fingerprint density at radius 1 is 0.793 bits per heavy atom. The number of aliphatic carboxylic acids is 2. The molecule has 0 aliphatic carbocycles. The van der Waals surface area contributed by atoms with E-state index >= 15 is 0 Å². The zero-order valence-electron chi connectivity index (χ0n) is 16.2. The van der Waals surface area contributed by atoms with Gasteiger partial charge in [0.15, 0.2) is 0 Å². The number of ether oxygens (including phenoxy) is 2. The summed E-state index contributed by atoms with van der Waals surface area (Å²) in [5.74, 6) is -1.85. The van der Waals surface area contributed by atoms with Crippen molar-refractivity contribution in [3.63, 3.8) is 0 Å². The second-order valence-corrected chi connectivity index (χ2v) is 6.03. The van der Waals surface area contributed by atoms with Crippen molar-refractivity contribution >= 4 is 22.7 Å². The molecule has 3 aromatic carbocycles. The molecule has 0 radical (unpaired) electrons. The fourth-order valence-corrected chi connectivity index (χ4v) is 2.75. The predicted molar refractivity (Wildman–Crippen MR) is 109 cm³/mol. The molecule has 0 spiro atoms. The summed E-state index contributed by atoms with van der Waals surface area (Å²) in [6.07, 6.45) is 0. The molecule has 29 heavy (non-hydrogen) atoms. The van der Waals surface area contributed by atoms with Crippen molar-refractivity contribution in [2.24, 2.45) is 0 Å². The number of carbonyl (C=O) groups is 2. The molecule has 7 nitrogen and oxygen atoms in total. The highest BCUT2D eigenvalue weighted by Crippen LogP contribution is 2.28. The van der Waals surface area contributed by atoms with Gasteiger partial charge in [0.2, 0.25) is 0 Å². The second kappa shape index (κ2) is 10.7. The Balaban J connectivity index is 0.000000438. The first-order valence-corrected chi connectivity index (χ1v) is 8.80. The molecule has 0 aliphatic heterocycles. The molecule has 3 rings (SSSR count). The average Bonchev–Trinajstić information content (AvgIpc) is 2.74. The summed E-state index contributed by atoms with van der Waals surface area (Å²) >= 11 is 0. The highest BCUT2D eigenvalue weighted by atomic mass is 16.5. The van der Waals surface area contributed by atoms with Gasteiger partial charge >= 0.3 is 11.9 Å². The lowest BCUT2D eigenvalue weighted by Gasteiger charge is -2.11. The number of fused-ring (bicyclic) bond motifs is 1. The van der Waals surface area contributed by atoms with Crippen LogP contribution in [0.5, 0.6) is 11.5 Å². The smallest absolute Gasteiger partial charge is 0.414 e. The van der Waals surface area contributed by atoms with Crippen LogP contribution in [0.25, 0.3) is 10.8 Å². The number of methoxy groups -OCH3 is 2. The minimum atomic E-state index is -1.82. The quantitative estimate of drug-likeness (QED) is 0.548. The molecule has 0 bridgehead atoms. The van der Waals surface area contributed by atoms with Gasteiger partial charge in [-0.25, -0.2) is 9.59 Å². The fraction of sp³-hybridized carbons (Fsp3) is 0.182. The zero-order valence-corrected chi connectivity index (χ0v) is 16.2. The lowest BCUT2D eigenvalue weighted by atomic mass is 10.0. The van der Waals surface area contributed by atoms with Gasteiger partial charge in [0.1, 0.15) is 11.5 Å². The van der Waals surface area contributed by atoms with Gasteiger partial charge in [0, 0.05) is 18.5 Å². The first-order valence-electron chi connectivity index (χ1n) is 8.80. The molecular formula is C22H23NO6. The summed E-state index contributed by atoms with van der Waals surface area (Å²) in [5, 5.41) is 20.7. The first kappa shape index (κ1) is 21.7. The van der Waals surface area contributed by atoms with E-state index in [2.05, 4.69) is 41.7 Å². The Morgan fingerprint density at radius 3 is 1.97 bits per heavy atom. The van der Waals surface area contributed by atoms with Crippen LogP contribution in [-0.4, -0.2) is 36.4 Å². The van der Waals surface area contributed by atoms with Crippen molar-refractivity contribution in [2.75, 3.05) is 14.2 Å². The van der Waals surface area contributed by atoms with Gasteiger partial charge in [0.25, 0.3) is 0 Å². The van der Waals surface area contributed by atoms with Crippen molar-refractivity contribution in [1.82, 2.24) is 5.32 Å². The molecule has 7 heteroatoms. The first-order chi connectivity index (χ1) is 14.0. The fourth-order valence-electron chi connectivity index (χ4n) is 2.75. The summed E-state index contributed by atoms with van der Waals surface area (Å²) in [5.41, 5.74) is 2.51. The van der Waals surface area contributed by atoms with E-state index in [9.17, 15) is 0 Å². The van der Waals surface area contributed by atoms with E-state index in [1.54, 1.807) is 14.2 Å². The maximum Gasteiger partial charge on any atom is 0.414 e. The van der Waals surface area contributed by atoms with Crippen LogP contribution < -0.4 is 14.8 Å². The van der Waals surface area contributed by atoms with Crippen molar-refractivity contribution in [3.8, 4) is 11.5 Å². The monoisotopic (exact) mass is 397 g/mol. The molecule has 3 N–H and O–H groups in total. The molecule has 0 atom stereocenters. The van der Waals surface area contributed by atoms with E-state index in [-0.39, 0.29) is 0 Å². The Bertz CT molecular complexity index is 957. The average molecular weight is 397 g/mol. The van der Waals surface area contributed by atoms with Crippen molar-refractivity contribution < 1.29 is 29.3 Å². The number of hydrogen-bond acceptors (Lipinski definition) is 5. The van der Waals surface area contributed by atoms with Gasteiger partial charge < -0.3 is 25.0 Å². The van der Waals surface area contributed by atoms with Crippen LogP contribution in [0.3, 0.4) is 0 Å². The maximum atomic E-state index is 9.10. The van der Waals surface area contributed by atoms with Gasteiger partial charge in [-0.1, -0.05) is 42.5 Å². The van der Waals surface area contributed by atoms with Gasteiger partial charge in [-0.2, -0.15) is 0 Å². The molecule has 3 aromatic rings. The maximum absolute atomic E-state index is 9.10. The van der Waals surface area contributed by atoms with Crippen molar-refractivity contribution in [1.29, 1.82) is 0 Å². The van der Waals surface area contributed by atoms with Gasteiger partial charge in [-0.05, 0) is 34.7 Å².